The van der Waals surface area contributed by atoms with E-state index in [0.717, 1.165) is 4.31 Å². The van der Waals surface area contributed by atoms with Gasteiger partial charge in [-0.05, 0) is 6.92 Å². The number of rotatable bonds is 6. The molecule has 0 unspecified atom stereocenters. The predicted octanol–water partition coefficient (Wildman–Crippen LogP) is 0.538. The van der Waals surface area contributed by atoms with Crippen molar-refractivity contribution in [1.82, 2.24) is 9.03 Å². The van der Waals surface area contributed by atoms with E-state index in [4.69, 9.17) is 11.6 Å². The number of nitrogens with one attached hydrogen (secondary N) is 1. The van der Waals surface area contributed by atoms with Crippen molar-refractivity contribution in [2.24, 2.45) is 0 Å². The second-order valence-corrected chi connectivity index (χ2v) is 4.56. The zero-order valence-corrected chi connectivity index (χ0v) is 10.3. The van der Waals surface area contributed by atoms with E-state index in [1.165, 1.54) is 0 Å². The molecule has 0 heterocycles. The van der Waals surface area contributed by atoms with E-state index in [1.807, 2.05) is 0 Å². The molecule has 0 aromatic rings. The minimum absolute atomic E-state index is 0.114. The molecule has 0 spiro atoms. The number of carbonyl (C=O) groups excluding carboxylic acids is 1. The second-order valence-electron chi connectivity index (χ2n) is 2.51. The summed E-state index contributed by atoms with van der Waals surface area (Å²) in [5.41, 5.74) is 0. The zero-order valence-electron chi connectivity index (χ0n) is 8.69. The lowest BCUT2D eigenvalue weighted by atomic mass is 10.7. The van der Waals surface area contributed by atoms with Crippen LogP contribution in [0, 0.1) is 0 Å². The Morgan fingerprint density at radius 2 is 2.07 bits per heavy atom. The highest BCUT2D eigenvalue weighted by Crippen LogP contribution is 1.98. The molecule has 90 valence electrons. The average molecular weight is 259 g/mol. The number of hydrogen-bond donors (Lipinski definition) is 1. The smallest absolute Gasteiger partial charge is 0.421 e. The molecule has 0 aromatic carbocycles. The van der Waals surface area contributed by atoms with Crippen molar-refractivity contribution in [1.29, 1.82) is 0 Å². The fourth-order valence-electron chi connectivity index (χ4n) is 0.873. The first-order valence-electron chi connectivity index (χ1n) is 4.48. The van der Waals surface area contributed by atoms with E-state index in [1.54, 1.807) is 18.6 Å². The van der Waals surface area contributed by atoms with Crippen molar-refractivity contribution >= 4 is 27.9 Å². The third-order valence-corrected chi connectivity index (χ3v) is 3.23. The van der Waals surface area contributed by atoms with Crippen LogP contribution in [-0.2, 0) is 14.9 Å². The monoisotopic (exact) mass is 258 g/mol. The summed E-state index contributed by atoms with van der Waals surface area (Å²) >= 11 is 5.43. The van der Waals surface area contributed by atoms with Crippen LogP contribution in [0.25, 0.3) is 0 Å². The van der Waals surface area contributed by atoms with Crippen molar-refractivity contribution in [2.75, 3.05) is 25.6 Å². The topological polar surface area (TPSA) is 75.7 Å². The van der Waals surface area contributed by atoms with Gasteiger partial charge in [-0.2, -0.15) is 12.7 Å². The summed E-state index contributed by atoms with van der Waals surface area (Å²) in [6, 6.07) is 0. The molecular weight excluding hydrogens is 244 g/mol. The lowest BCUT2D eigenvalue weighted by Crippen LogP contribution is -2.44. The van der Waals surface area contributed by atoms with E-state index in [-0.39, 0.29) is 25.6 Å². The van der Waals surface area contributed by atoms with Gasteiger partial charge in [-0.15, -0.1) is 11.6 Å². The molecule has 0 aromatic heterocycles. The van der Waals surface area contributed by atoms with Crippen LogP contribution in [-0.4, -0.2) is 44.4 Å². The van der Waals surface area contributed by atoms with Gasteiger partial charge in [0.25, 0.3) is 0 Å². The molecule has 0 atom stereocenters. The normalized spacial score (nSPS) is 11.5. The molecule has 0 rings (SSSR count). The first kappa shape index (κ1) is 14.5. The number of alkyl halides is 1. The number of nitrogens with zero attached hydrogens (tertiary/aromatic N) is 1. The fraction of sp³-hybridized carbons (Fsp3) is 0.857. The fourth-order valence-corrected chi connectivity index (χ4v) is 2.25. The van der Waals surface area contributed by atoms with Crippen molar-refractivity contribution in [3.8, 4) is 0 Å². The highest BCUT2D eigenvalue weighted by atomic mass is 35.5. The molecule has 1 N–H and O–H groups in total. The number of carbonyl (C=O) groups is 1. The Hall–Kier alpha value is -0.530. The Morgan fingerprint density at radius 1 is 1.47 bits per heavy atom. The van der Waals surface area contributed by atoms with Crippen LogP contribution < -0.4 is 4.72 Å². The largest absolute Gasteiger partial charge is 0.449 e. The van der Waals surface area contributed by atoms with Crippen molar-refractivity contribution < 1.29 is 17.9 Å². The summed E-state index contributed by atoms with van der Waals surface area (Å²) in [5.74, 6) is 0.164. The first-order chi connectivity index (χ1) is 6.97. The number of amides is 1. The molecule has 6 nitrogen and oxygen atoms in total. The molecule has 0 saturated heterocycles. The Balaban J connectivity index is 4.44. The molecule has 0 aliphatic heterocycles. The minimum atomic E-state index is -3.83. The Bertz CT molecular complexity index is 293. The quantitative estimate of drug-likeness (QED) is 0.706. The maximum absolute atomic E-state index is 11.5. The molecule has 0 aliphatic carbocycles. The number of halogens is 1. The standard InChI is InChI=1S/C7H15ClN2O4S/c1-3-10(6-5-8)15(12,13)9-7(11)14-4-2/h3-6H2,1-2H3,(H,9,11). The van der Waals surface area contributed by atoms with Gasteiger partial charge in [0.15, 0.2) is 0 Å². The molecule has 0 radical (unpaired) electrons. The Labute approximate surface area is 94.7 Å². The van der Waals surface area contributed by atoms with Gasteiger partial charge < -0.3 is 4.74 Å². The lowest BCUT2D eigenvalue weighted by molar-refractivity contribution is 0.158. The number of hydrogen-bond acceptors (Lipinski definition) is 4. The van der Waals surface area contributed by atoms with Crippen LogP contribution in [0.4, 0.5) is 4.79 Å². The zero-order chi connectivity index (χ0) is 11.9. The van der Waals surface area contributed by atoms with E-state index in [9.17, 15) is 13.2 Å². The van der Waals surface area contributed by atoms with Crippen LogP contribution in [0.15, 0.2) is 0 Å². The minimum Gasteiger partial charge on any atom is -0.449 e. The summed E-state index contributed by atoms with van der Waals surface area (Å²) in [7, 11) is -3.83. The Kier molecular flexibility index (Phi) is 6.62. The molecule has 1 amide bonds. The maximum atomic E-state index is 11.5. The summed E-state index contributed by atoms with van der Waals surface area (Å²) in [4.78, 5) is 10.9. The molecule has 0 fully saturated rings. The molecule has 0 bridgehead atoms. The first-order valence-corrected chi connectivity index (χ1v) is 6.46. The van der Waals surface area contributed by atoms with Crippen LogP contribution in [0.3, 0.4) is 0 Å². The van der Waals surface area contributed by atoms with Crippen LogP contribution >= 0.6 is 11.6 Å². The van der Waals surface area contributed by atoms with E-state index in [0.29, 0.717) is 0 Å². The van der Waals surface area contributed by atoms with Gasteiger partial charge in [0.05, 0.1) is 6.61 Å². The summed E-state index contributed by atoms with van der Waals surface area (Å²) in [5, 5.41) is 0. The molecular formula is C7H15ClN2O4S. The molecule has 15 heavy (non-hydrogen) atoms. The summed E-state index contributed by atoms with van der Waals surface area (Å²) in [6.07, 6.45) is -0.981. The summed E-state index contributed by atoms with van der Waals surface area (Å²) in [6.45, 7) is 3.73. The van der Waals surface area contributed by atoms with Gasteiger partial charge in [-0.1, -0.05) is 6.92 Å². The lowest BCUT2D eigenvalue weighted by Gasteiger charge is -2.18. The number of ether oxygens (including phenoxy) is 1. The average Bonchev–Trinajstić information content (AvgIpc) is 2.13. The highest BCUT2D eigenvalue weighted by molar-refractivity contribution is 7.87. The van der Waals surface area contributed by atoms with Crippen LogP contribution in [0.5, 0.6) is 0 Å². The summed E-state index contributed by atoms with van der Waals surface area (Å²) < 4.78 is 30.3. The molecule has 0 aliphatic rings. The van der Waals surface area contributed by atoms with Gasteiger partial charge in [0, 0.05) is 19.0 Å². The van der Waals surface area contributed by atoms with E-state index < -0.39 is 16.3 Å². The van der Waals surface area contributed by atoms with Crippen molar-refractivity contribution in [3.05, 3.63) is 0 Å². The van der Waals surface area contributed by atoms with Gasteiger partial charge in [0.1, 0.15) is 0 Å². The van der Waals surface area contributed by atoms with Crippen LogP contribution in [0.1, 0.15) is 13.8 Å². The predicted molar refractivity (Wildman–Crippen MR) is 57.0 cm³/mol. The SMILES string of the molecule is CCOC(=O)NS(=O)(=O)N(CC)CCCl. The van der Waals surface area contributed by atoms with Crippen LogP contribution in [0.2, 0.25) is 0 Å². The third-order valence-electron chi connectivity index (χ3n) is 1.51. The van der Waals surface area contributed by atoms with Gasteiger partial charge in [-0.25, -0.2) is 9.52 Å². The highest BCUT2D eigenvalue weighted by Gasteiger charge is 2.22. The van der Waals surface area contributed by atoms with Crippen molar-refractivity contribution in [3.63, 3.8) is 0 Å². The van der Waals surface area contributed by atoms with E-state index >= 15 is 0 Å². The maximum Gasteiger partial charge on any atom is 0.421 e. The van der Waals surface area contributed by atoms with Gasteiger partial charge >= 0.3 is 16.3 Å². The third kappa shape index (κ3) is 5.19. The second kappa shape index (κ2) is 6.86. The van der Waals surface area contributed by atoms with Gasteiger partial charge in [-0.3, -0.25) is 0 Å². The van der Waals surface area contributed by atoms with E-state index in [2.05, 4.69) is 4.74 Å². The van der Waals surface area contributed by atoms with Gasteiger partial charge in [0.2, 0.25) is 0 Å². The molecule has 0 saturated carbocycles. The molecule has 8 heteroatoms. The Morgan fingerprint density at radius 3 is 2.47 bits per heavy atom. The van der Waals surface area contributed by atoms with Crippen molar-refractivity contribution in [2.45, 2.75) is 13.8 Å².